The van der Waals surface area contributed by atoms with E-state index in [4.69, 9.17) is 4.74 Å². The van der Waals surface area contributed by atoms with Crippen LogP contribution in [0.2, 0.25) is 0 Å². The predicted octanol–water partition coefficient (Wildman–Crippen LogP) is 5.46. The van der Waals surface area contributed by atoms with Crippen LogP contribution in [-0.4, -0.2) is 41.6 Å². The van der Waals surface area contributed by atoms with Gasteiger partial charge in [0.2, 0.25) is 11.9 Å². The van der Waals surface area contributed by atoms with Crippen LogP contribution in [-0.2, 0) is 16.6 Å². The maximum absolute atomic E-state index is 14.1. The molecule has 0 bridgehead atoms. The molecule has 40 heavy (non-hydrogen) atoms. The molecule has 208 valence electrons. The van der Waals surface area contributed by atoms with E-state index in [1.807, 2.05) is 36.5 Å². The number of H-pyrrole nitrogens is 1. The number of methoxy groups -OCH3 is 1. The second kappa shape index (κ2) is 12.2. The van der Waals surface area contributed by atoms with Crippen LogP contribution in [0.5, 0.6) is 5.75 Å². The van der Waals surface area contributed by atoms with Gasteiger partial charge in [-0.3, -0.25) is 4.79 Å². The lowest BCUT2D eigenvalue weighted by Gasteiger charge is -2.38. The quantitative estimate of drug-likeness (QED) is 0.210. The first-order valence-corrected chi connectivity index (χ1v) is 13.6. The zero-order valence-corrected chi connectivity index (χ0v) is 22.5. The minimum absolute atomic E-state index is 0.294. The Hall–Kier alpha value is -4.40. The van der Waals surface area contributed by atoms with Crippen LogP contribution in [0.1, 0.15) is 43.2 Å². The van der Waals surface area contributed by atoms with Gasteiger partial charge in [-0.15, -0.1) is 0 Å². The number of nitrogens with zero attached hydrogens (tertiary/aromatic N) is 1. The highest BCUT2D eigenvalue weighted by molar-refractivity contribution is 5.94. The minimum atomic E-state index is -0.840. The van der Waals surface area contributed by atoms with Crippen LogP contribution in [0.4, 0.5) is 14.9 Å². The highest BCUT2D eigenvalue weighted by atomic mass is 19.1. The van der Waals surface area contributed by atoms with Gasteiger partial charge in [-0.05, 0) is 66.4 Å². The lowest BCUT2D eigenvalue weighted by atomic mass is 9.69. The van der Waals surface area contributed by atoms with E-state index in [2.05, 4.69) is 25.9 Å². The van der Waals surface area contributed by atoms with Crippen LogP contribution < -0.4 is 20.7 Å². The fourth-order valence-electron chi connectivity index (χ4n) is 5.64. The number of rotatable bonds is 9. The van der Waals surface area contributed by atoms with Crippen molar-refractivity contribution in [3.63, 3.8) is 0 Å². The molecule has 1 atom stereocenters. The molecule has 0 saturated heterocycles. The Morgan fingerprint density at radius 3 is 2.60 bits per heavy atom. The van der Waals surface area contributed by atoms with Gasteiger partial charge >= 0.3 is 6.03 Å². The average molecular weight is 544 g/mol. The van der Waals surface area contributed by atoms with Crippen LogP contribution in [0, 0.1) is 5.95 Å². The van der Waals surface area contributed by atoms with Gasteiger partial charge in [0, 0.05) is 47.4 Å². The summed E-state index contributed by atoms with van der Waals surface area (Å²) in [6, 6.07) is 16.8. The van der Waals surface area contributed by atoms with Crippen molar-refractivity contribution in [3.05, 3.63) is 90.1 Å². The molecule has 4 N–H and O–H groups in total. The maximum atomic E-state index is 14.1. The largest absolute Gasteiger partial charge is 0.497 e. The number of nitrogens with one attached hydrogen (secondary N) is 4. The second-order valence-electron chi connectivity index (χ2n) is 10.4. The number of aromatic nitrogens is 2. The van der Waals surface area contributed by atoms with Crippen molar-refractivity contribution in [2.75, 3.05) is 19.0 Å². The Bertz CT molecular complexity index is 1460. The van der Waals surface area contributed by atoms with E-state index in [0.29, 0.717) is 24.4 Å². The van der Waals surface area contributed by atoms with E-state index >= 15 is 0 Å². The Kier molecular flexibility index (Phi) is 8.28. The lowest BCUT2D eigenvalue weighted by Crippen LogP contribution is -2.52. The van der Waals surface area contributed by atoms with Gasteiger partial charge in [-0.25, -0.2) is 9.78 Å². The molecule has 0 radical (unpaired) electrons. The SMILES string of the molecule is COc1ccc(NC(=O)N[C@@H](Cc2c[nH]c3ccccc23)C(=O)NCC2(c3ccnc(F)c3)CCCCC2)cc1. The molecule has 1 aliphatic carbocycles. The molecule has 9 heteroatoms. The van der Waals surface area contributed by atoms with Crippen LogP contribution >= 0.6 is 0 Å². The number of pyridine rings is 1. The number of fused-ring (bicyclic) bond motifs is 1. The van der Waals surface area contributed by atoms with Crippen LogP contribution in [0.25, 0.3) is 10.9 Å². The van der Waals surface area contributed by atoms with Gasteiger partial charge in [-0.2, -0.15) is 4.39 Å². The Labute approximate surface area is 232 Å². The van der Waals surface area contributed by atoms with Crippen LogP contribution in [0.3, 0.4) is 0 Å². The molecule has 5 rings (SSSR count). The third-order valence-corrected chi connectivity index (χ3v) is 7.82. The van der Waals surface area contributed by atoms with Crippen molar-refractivity contribution in [1.29, 1.82) is 0 Å². The number of ether oxygens (including phenoxy) is 1. The van der Waals surface area contributed by atoms with Gasteiger partial charge in [0.1, 0.15) is 11.8 Å². The first-order chi connectivity index (χ1) is 19.5. The lowest BCUT2D eigenvalue weighted by molar-refractivity contribution is -0.123. The number of carbonyl (C=O) groups is 2. The second-order valence-corrected chi connectivity index (χ2v) is 10.4. The van der Waals surface area contributed by atoms with E-state index in [-0.39, 0.29) is 11.3 Å². The third-order valence-electron chi connectivity index (χ3n) is 7.82. The minimum Gasteiger partial charge on any atom is -0.497 e. The summed E-state index contributed by atoms with van der Waals surface area (Å²) < 4.78 is 19.2. The highest BCUT2D eigenvalue weighted by Gasteiger charge is 2.35. The van der Waals surface area contributed by atoms with E-state index in [9.17, 15) is 14.0 Å². The number of halogens is 1. The predicted molar refractivity (Wildman–Crippen MR) is 153 cm³/mol. The zero-order valence-electron chi connectivity index (χ0n) is 22.5. The van der Waals surface area contributed by atoms with E-state index in [0.717, 1.165) is 54.1 Å². The van der Waals surface area contributed by atoms with Gasteiger partial charge in [0.25, 0.3) is 0 Å². The van der Waals surface area contributed by atoms with Crippen molar-refractivity contribution < 1.29 is 18.7 Å². The van der Waals surface area contributed by atoms with Gasteiger partial charge in [0.05, 0.1) is 7.11 Å². The molecule has 8 nitrogen and oxygen atoms in total. The van der Waals surface area contributed by atoms with Crippen molar-refractivity contribution in [1.82, 2.24) is 20.6 Å². The number of benzene rings is 2. The van der Waals surface area contributed by atoms with Crippen molar-refractivity contribution in [3.8, 4) is 5.75 Å². The zero-order chi connectivity index (χ0) is 28.0. The Morgan fingerprint density at radius 2 is 1.85 bits per heavy atom. The number of anilines is 1. The number of aromatic amines is 1. The summed E-state index contributed by atoms with van der Waals surface area (Å²) in [5, 5.41) is 9.77. The average Bonchev–Trinajstić information content (AvgIpc) is 3.39. The molecule has 0 aliphatic heterocycles. The van der Waals surface area contributed by atoms with Crippen molar-refractivity contribution >= 4 is 28.5 Å². The highest BCUT2D eigenvalue weighted by Crippen LogP contribution is 2.39. The molecule has 4 aromatic rings. The molecule has 0 spiro atoms. The molecule has 1 fully saturated rings. The molecular formula is C31H34FN5O3. The summed E-state index contributed by atoms with van der Waals surface area (Å²) in [7, 11) is 1.58. The maximum Gasteiger partial charge on any atom is 0.319 e. The number of carbonyl (C=O) groups excluding carboxylic acids is 2. The van der Waals surface area contributed by atoms with Gasteiger partial charge in [0.15, 0.2) is 0 Å². The fourth-order valence-corrected chi connectivity index (χ4v) is 5.64. The summed E-state index contributed by atoms with van der Waals surface area (Å²) in [5.41, 5.74) is 2.92. The number of hydrogen-bond acceptors (Lipinski definition) is 4. The number of amides is 3. The van der Waals surface area contributed by atoms with Gasteiger partial charge in [-0.1, -0.05) is 37.5 Å². The van der Waals surface area contributed by atoms with Crippen LogP contribution in [0.15, 0.2) is 73.1 Å². The molecule has 0 unspecified atom stereocenters. The first kappa shape index (κ1) is 27.2. The van der Waals surface area contributed by atoms with Gasteiger partial charge < -0.3 is 25.7 Å². The number of para-hydroxylation sites is 1. The van der Waals surface area contributed by atoms with E-state index in [1.165, 1.54) is 12.3 Å². The third kappa shape index (κ3) is 6.25. The molecule has 1 aliphatic rings. The molecule has 1 saturated carbocycles. The Morgan fingerprint density at radius 1 is 1.07 bits per heavy atom. The summed E-state index contributed by atoms with van der Waals surface area (Å²) in [6.45, 7) is 0.349. The van der Waals surface area contributed by atoms with Crippen molar-refractivity contribution in [2.24, 2.45) is 0 Å². The Balaban J connectivity index is 1.35. The van der Waals surface area contributed by atoms with E-state index in [1.54, 1.807) is 31.4 Å². The molecule has 3 amide bonds. The van der Waals surface area contributed by atoms with Crippen molar-refractivity contribution in [2.45, 2.75) is 50.0 Å². The molecular weight excluding hydrogens is 509 g/mol. The van der Waals surface area contributed by atoms with E-state index < -0.39 is 18.0 Å². The first-order valence-electron chi connectivity index (χ1n) is 13.6. The smallest absolute Gasteiger partial charge is 0.319 e. The summed E-state index contributed by atoms with van der Waals surface area (Å²) >= 11 is 0. The standard InChI is InChI=1S/C31H34FN5O3/c1-40-24-11-9-23(10-12-24)36-30(39)37-27(17-21-19-34-26-8-4-3-7-25(21)26)29(38)35-20-31(14-5-2-6-15-31)22-13-16-33-28(32)18-22/h3-4,7-13,16,18-19,27,34H,2,5-6,14-15,17,20H2,1H3,(H,35,38)(H2,36,37,39)/t27-/m0/s1. The number of urea groups is 1. The summed E-state index contributed by atoms with van der Waals surface area (Å²) in [6.07, 6.45) is 8.44. The molecule has 2 aromatic heterocycles. The molecule has 2 heterocycles. The summed E-state index contributed by atoms with van der Waals surface area (Å²) in [4.78, 5) is 33.7. The summed E-state index contributed by atoms with van der Waals surface area (Å²) in [5.74, 6) is -0.147. The normalized spacial score (nSPS) is 15.2. The topological polar surface area (TPSA) is 108 Å². The monoisotopic (exact) mass is 543 g/mol. The number of hydrogen-bond donors (Lipinski definition) is 4. The fraction of sp³-hybridized carbons (Fsp3) is 0.323. The molecule has 2 aromatic carbocycles.